The molecule has 3 heterocycles. The van der Waals surface area contributed by atoms with Gasteiger partial charge >= 0.3 is 0 Å². The summed E-state index contributed by atoms with van der Waals surface area (Å²) in [5.41, 5.74) is 0. The Balaban J connectivity index is 1.85. The number of piperidine rings is 1. The third-order valence-electron chi connectivity index (χ3n) is 3.13. The highest BCUT2D eigenvalue weighted by Crippen LogP contribution is 2.24. The summed E-state index contributed by atoms with van der Waals surface area (Å²) in [5.74, 6) is 1.34. The van der Waals surface area contributed by atoms with Gasteiger partial charge in [0.05, 0.1) is 0 Å². The summed E-state index contributed by atoms with van der Waals surface area (Å²) in [6.45, 7) is 2.02. The normalized spacial score (nSPS) is 15.3. The minimum Gasteiger partial charge on any atom is -0.357 e. The van der Waals surface area contributed by atoms with E-state index in [9.17, 15) is 0 Å². The van der Waals surface area contributed by atoms with Crippen molar-refractivity contribution < 1.29 is 0 Å². The van der Waals surface area contributed by atoms with Gasteiger partial charge in [0.1, 0.15) is 0 Å². The maximum Gasteiger partial charge on any atom is 0.231 e. The van der Waals surface area contributed by atoms with Crippen LogP contribution in [0.5, 0.6) is 0 Å². The SMILES string of the molecule is CNc1nc(Sc2ncc[nH]2)nc(N2CCCCC2)n1. The Labute approximate surface area is 121 Å². The number of hydrogen-bond acceptors (Lipinski definition) is 7. The van der Waals surface area contributed by atoms with Gasteiger partial charge < -0.3 is 15.2 Å². The molecule has 8 heteroatoms. The third-order valence-corrected chi connectivity index (χ3v) is 3.91. The number of hydrogen-bond donors (Lipinski definition) is 2. The number of nitrogens with zero attached hydrogens (tertiary/aromatic N) is 5. The number of aromatic nitrogens is 5. The lowest BCUT2D eigenvalue weighted by atomic mass is 10.1. The number of nitrogens with one attached hydrogen (secondary N) is 2. The molecular formula is C12H17N7S. The van der Waals surface area contributed by atoms with Crippen LogP contribution in [0, 0.1) is 0 Å². The molecule has 106 valence electrons. The lowest BCUT2D eigenvalue weighted by Gasteiger charge is -2.26. The quantitative estimate of drug-likeness (QED) is 0.888. The molecule has 2 N–H and O–H groups in total. The van der Waals surface area contributed by atoms with E-state index in [0.717, 1.165) is 24.2 Å². The van der Waals surface area contributed by atoms with Crippen molar-refractivity contribution in [1.82, 2.24) is 24.9 Å². The molecule has 3 rings (SSSR count). The molecule has 0 unspecified atom stereocenters. The average Bonchev–Trinajstić information content (AvgIpc) is 3.00. The second-order valence-corrected chi connectivity index (χ2v) is 5.49. The number of imidazole rings is 1. The molecule has 1 aliphatic rings. The highest BCUT2D eigenvalue weighted by Gasteiger charge is 2.16. The monoisotopic (exact) mass is 291 g/mol. The minimum atomic E-state index is 0.592. The Morgan fingerprint density at radius 3 is 2.75 bits per heavy atom. The molecular weight excluding hydrogens is 274 g/mol. The zero-order chi connectivity index (χ0) is 13.8. The first-order valence-electron chi connectivity index (χ1n) is 6.71. The van der Waals surface area contributed by atoms with E-state index < -0.39 is 0 Å². The maximum atomic E-state index is 4.55. The van der Waals surface area contributed by atoms with Crippen LogP contribution < -0.4 is 10.2 Å². The van der Waals surface area contributed by atoms with E-state index in [1.807, 2.05) is 7.05 Å². The summed E-state index contributed by atoms with van der Waals surface area (Å²) < 4.78 is 0. The van der Waals surface area contributed by atoms with Crippen LogP contribution in [0.1, 0.15) is 19.3 Å². The van der Waals surface area contributed by atoms with Gasteiger partial charge in [-0.25, -0.2) is 4.98 Å². The van der Waals surface area contributed by atoms with Crippen molar-refractivity contribution in [2.75, 3.05) is 30.4 Å². The fraction of sp³-hybridized carbons (Fsp3) is 0.500. The number of anilines is 2. The topological polar surface area (TPSA) is 82.6 Å². The Kier molecular flexibility index (Phi) is 4.00. The average molecular weight is 291 g/mol. The molecule has 2 aromatic heterocycles. The van der Waals surface area contributed by atoms with Crippen molar-refractivity contribution >= 4 is 23.7 Å². The highest BCUT2D eigenvalue weighted by atomic mass is 32.2. The first-order chi connectivity index (χ1) is 9.85. The molecule has 7 nitrogen and oxygen atoms in total. The third kappa shape index (κ3) is 3.01. The van der Waals surface area contributed by atoms with E-state index in [1.165, 1.54) is 31.0 Å². The van der Waals surface area contributed by atoms with Gasteiger partial charge in [-0.1, -0.05) is 0 Å². The number of rotatable bonds is 4. The van der Waals surface area contributed by atoms with Crippen molar-refractivity contribution in [3.05, 3.63) is 12.4 Å². The second-order valence-electron chi connectivity index (χ2n) is 4.54. The summed E-state index contributed by atoms with van der Waals surface area (Å²) in [7, 11) is 1.82. The maximum absolute atomic E-state index is 4.55. The first-order valence-corrected chi connectivity index (χ1v) is 7.53. The molecule has 0 aliphatic carbocycles. The Morgan fingerprint density at radius 1 is 1.20 bits per heavy atom. The molecule has 0 atom stereocenters. The molecule has 1 aliphatic heterocycles. The van der Waals surface area contributed by atoms with E-state index >= 15 is 0 Å². The lowest BCUT2D eigenvalue weighted by molar-refractivity contribution is 0.565. The highest BCUT2D eigenvalue weighted by molar-refractivity contribution is 7.99. The minimum absolute atomic E-state index is 0.592. The zero-order valence-corrected chi connectivity index (χ0v) is 12.2. The van der Waals surface area contributed by atoms with Crippen LogP contribution in [0.15, 0.2) is 22.7 Å². The molecule has 20 heavy (non-hydrogen) atoms. The van der Waals surface area contributed by atoms with Gasteiger partial charge in [0.2, 0.25) is 17.1 Å². The van der Waals surface area contributed by atoms with Gasteiger partial charge in [0, 0.05) is 32.5 Å². The van der Waals surface area contributed by atoms with Crippen molar-refractivity contribution in [3.63, 3.8) is 0 Å². The van der Waals surface area contributed by atoms with E-state index in [2.05, 4.69) is 35.1 Å². The molecule has 1 fully saturated rings. The molecule has 0 aromatic carbocycles. The largest absolute Gasteiger partial charge is 0.357 e. The first kappa shape index (κ1) is 13.2. The molecule has 0 bridgehead atoms. The van der Waals surface area contributed by atoms with Gasteiger partial charge in [-0.15, -0.1) is 0 Å². The predicted octanol–water partition coefficient (Wildman–Crippen LogP) is 1.78. The van der Waals surface area contributed by atoms with Crippen molar-refractivity contribution in [2.24, 2.45) is 0 Å². The van der Waals surface area contributed by atoms with Gasteiger partial charge in [0.25, 0.3) is 0 Å². The lowest BCUT2D eigenvalue weighted by Crippen LogP contribution is -2.31. The van der Waals surface area contributed by atoms with Crippen LogP contribution in [0.3, 0.4) is 0 Å². The smallest absolute Gasteiger partial charge is 0.231 e. The van der Waals surface area contributed by atoms with Crippen LogP contribution in [-0.4, -0.2) is 45.1 Å². The van der Waals surface area contributed by atoms with Crippen molar-refractivity contribution in [1.29, 1.82) is 0 Å². The Bertz CT molecular complexity index is 551. The van der Waals surface area contributed by atoms with Crippen molar-refractivity contribution in [2.45, 2.75) is 29.6 Å². The summed E-state index contributed by atoms with van der Waals surface area (Å²) in [6.07, 6.45) is 7.18. The van der Waals surface area contributed by atoms with E-state index in [0.29, 0.717) is 11.1 Å². The van der Waals surface area contributed by atoms with Crippen LogP contribution in [-0.2, 0) is 0 Å². The van der Waals surface area contributed by atoms with Crippen LogP contribution >= 0.6 is 11.8 Å². The van der Waals surface area contributed by atoms with E-state index in [-0.39, 0.29) is 0 Å². The molecule has 0 amide bonds. The summed E-state index contributed by atoms with van der Waals surface area (Å²) >= 11 is 1.41. The summed E-state index contributed by atoms with van der Waals surface area (Å²) in [6, 6.07) is 0. The molecule has 0 spiro atoms. The van der Waals surface area contributed by atoms with Gasteiger partial charge in [-0.2, -0.15) is 15.0 Å². The van der Waals surface area contributed by atoms with Gasteiger partial charge in [-0.3, -0.25) is 0 Å². The zero-order valence-electron chi connectivity index (χ0n) is 11.3. The molecule has 2 aromatic rings. The predicted molar refractivity (Wildman–Crippen MR) is 78.1 cm³/mol. The number of H-pyrrole nitrogens is 1. The fourth-order valence-corrected chi connectivity index (χ4v) is 2.80. The van der Waals surface area contributed by atoms with Crippen LogP contribution in [0.4, 0.5) is 11.9 Å². The van der Waals surface area contributed by atoms with Gasteiger partial charge in [-0.05, 0) is 31.0 Å². The fourth-order valence-electron chi connectivity index (χ4n) is 2.13. The number of aromatic amines is 1. The van der Waals surface area contributed by atoms with Crippen molar-refractivity contribution in [3.8, 4) is 0 Å². The Hall–Kier alpha value is -1.83. The molecule has 0 saturated carbocycles. The van der Waals surface area contributed by atoms with Crippen LogP contribution in [0.25, 0.3) is 0 Å². The second kappa shape index (κ2) is 6.08. The Morgan fingerprint density at radius 2 is 2.05 bits per heavy atom. The van der Waals surface area contributed by atoms with E-state index in [1.54, 1.807) is 12.4 Å². The molecule has 0 radical (unpaired) electrons. The summed E-state index contributed by atoms with van der Waals surface area (Å²) in [4.78, 5) is 22.8. The summed E-state index contributed by atoms with van der Waals surface area (Å²) in [5, 5.41) is 4.43. The van der Waals surface area contributed by atoms with E-state index in [4.69, 9.17) is 0 Å². The van der Waals surface area contributed by atoms with Gasteiger partial charge in [0.15, 0.2) is 5.16 Å². The standard InChI is InChI=1S/C12H17N7S/c1-13-9-16-10(19-7-3-2-4-8-19)18-12(17-9)20-11-14-5-6-15-11/h5-6H,2-4,7-8H2,1H3,(H,14,15)(H,13,16,17,18). The van der Waals surface area contributed by atoms with Crippen LogP contribution in [0.2, 0.25) is 0 Å². The molecule has 1 saturated heterocycles.